The zero-order valence-electron chi connectivity index (χ0n) is 15.8. The van der Waals surface area contributed by atoms with Crippen LogP contribution in [0.15, 0.2) is 51.6 Å². The Morgan fingerprint density at radius 2 is 1.79 bits per heavy atom. The standard InChI is InChI=1S/C20H22N4O4/c1-13(2)19-23-18(28-24-19)7-3-6-17(25)21-14-8-10-15(11-9-14)22-20(26)16-5-4-12-27-16/h4-5,8-13H,3,6-7H2,1-2H3,(H,21,25)(H,22,26). The molecule has 8 heteroatoms. The lowest BCUT2D eigenvalue weighted by molar-refractivity contribution is -0.116. The predicted molar refractivity (Wildman–Crippen MR) is 103 cm³/mol. The van der Waals surface area contributed by atoms with E-state index in [1.54, 1.807) is 36.4 Å². The number of carbonyl (C=O) groups is 2. The van der Waals surface area contributed by atoms with Crippen LogP contribution in [-0.2, 0) is 11.2 Å². The maximum Gasteiger partial charge on any atom is 0.291 e. The van der Waals surface area contributed by atoms with Gasteiger partial charge in [-0.15, -0.1) is 0 Å². The van der Waals surface area contributed by atoms with Crippen molar-refractivity contribution in [3.05, 3.63) is 60.1 Å². The molecule has 0 aliphatic heterocycles. The highest BCUT2D eigenvalue weighted by atomic mass is 16.5. The summed E-state index contributed by atoms with van der Waals surface area (Å²) in [5.74, 6) is 1.25. The monoisotopic (exact) mass is 382 g/mol. The summed E-state index contributed by atoms with van der Waals surface area (Å²) in [6.07, 6.45) is 2.96. The van der Waals surface area contributed by atoms with Crippen molar-refractivity contribution in [3.8, 4) is 0 Å². The van der Waals surface area contributed by atoms with Crippen molar-refractivity contribution >= 4 is 23.2 Å². The molecule has 3 aromatic rings. The lowest BCUT2D eigenvalue weighted by Gasteiger charge is -2.07. The molecule has 2 heterocycles. The molecule has 0 saturated heterocycles. The van der Waals surface area contributed by atoms with Gasteiger partial charge in [-0.05, 0) is 42.8 Å². The van der Waals surface area contributed by atoms with E-state index in [1.165, 1.54) is 6.26 Å². The Bertz CT molecular complexity index is 914. The molecule has 0 radical (unpaired) electrons. The van der Waals surface area contributed by atoms with Gasteiger partial charge < -0.3 is 19.6 Å². The van der Waals surface area contributed by atoms with Crippen molar-refractivity contribution in [1.82, 2.24) is 10.1 Å². The van der Waals surface area contributed by atoms with Gasteiger partial charge in [-0.25, -0.2) is 0 Å². The lowest BCUT2D eigenvalue weighted by Crippen LogP contribution is -2.12. The number of amides is 2. The zero-order chi connectivity index (χ0) is 19.9. The first-order chi connectivity index (χ1) is 13.5. The minimum absolute atomic E-state index is 0.101. The Morgan fingerprint density at radius 1 is 1.07 bits per heavy atom. The van der Waals surface area contributed by atoms with E-state index >= 15 is 0 Å². The summed E-state index contributed by atoms with van der Waals surface area (Å²) >= 11 is 0. The van der Waals surface area contributed by atoms with Gasteiger partial charge in [0.25, 0.3) is 5.91 Å². The van der Waals surface area contributed by atoms with Crippen molar-refractivity contribution in [2.24, 2.45) is 0 Å². The van der Waals surface area contributed by atoms with E-state index in [2.05, 4.69) is 20.8 Å². The van der Waals surface area contributed by atoms with Gasteiger partial charge in [-0.1, -0.05) is 19.0 Å². The normalized spacial score (nSPS) is 10.8. The molecular formula is C20H22N4O4. The molecule has 0 unspecified atom stereocenters. The number of hydrogen-bond donors (Lipinski definition) is 2. The number of aromatic nitrogens is 2. The third-order valence-electron chi connectivity index (χ3n) is 3.97. The minimum Gasteiger partial charge on any atom is -0.459 e. The average molecular weight is 382 g/mol. The Morgan fingerprint density at radius 3 is 2.39 bits per heavy atom. The summed E-state index contributed by atoms with van der Waals surface area (Å²) in [5, 5.41) is 9.45. The van der Waals surface area contributed by atoms with Gasteiger partial charge in [0.1, 0.15) is 0 Å². The number of furan rings is 1. The number of nitrogens with one attached hydrogen (secondary N) is 2. The second kappa shape index (κ2) is 8.98. The summed E-state index contributed by atoms with van der Waals surface area (Å²) in [4.78, 5) is 28.3. The zero-order valence-corrected chi connectivity index (χ0v) is 15.8. The maximum atomic E-state index is 12.1. The summed E-state index contributed by atoms with van der Waals surface area (Å²) in [6, 6.07) is 10.1. The van der Waals surface area contributed by atoms with Crippen LogP contribution in [0, 0.1) is 0 Å². The number of anilines is 2. The van der Waals surface area contributed by atoms with Gasteiger partial charge in [0, 0.05) is 30.1 Å². The SMILES string of the molecule is CC(C)c1noc(CCCC(=O)Nc2ccc(NC(=O)c3ccco3)cc2)n1. The van der Waals surface area contributed by atoms with E-state index in [1.807, 2.05) is 13.8 Å². The Balaban J connectivity index is 1.43. The highest BCUT2D eigenvalue weighted by Crippen LogP contribution is 2.16. The first-order valence-electron chi connectivity index (χ1n) is 9.08. The van der Waals surface area contributed by atoms with Crippen LogP contribution in [0.25, 0.3) is 0 Å². The molecule has 0 atom stereocenters. The molecule has 3 rings (SSSR count). The van der Waals surface area contributed by atoms with Gasteiger partial charge in [-0.2, -0.15) is 4.98 Å². The van der Waals surface area contributed by atoms with Crippen LogP contribution in [0.2, 0.25) is 0 Å². The van der Waals surface area contributed by atoms with Crippen molar-refractivity contribution in [1.29, 1.82) is 0 Å². The van der Waals surface area contributed by atoms with Gasteiger partial charge in [0.2, 0.25) is 11.8 Å². The average Bonchev–Trinajstić information content (AvgIpc) is 3.35. The number of aryl methyl sites for hydroxylation is 1. The minimum atomic E-state index is -0.330. The number of benzene rings is 1. The van der Waals surface area contributed by atoms with Gasteiger partial charge in [0.05, 0.1) is 6.26 Å². The van der Waals surface area contributed by atoms with Crippen molar-refractivity contribution in [2.75, 3.05) is 10.6 Å². The molecule has 0 spiro atoms. The maximum absolute atomic E-state index is 12.1. The second-order valence-electron chi connectivity index (χ2n) is 6.61. The van der Waals surface area contributed by atoms with Crippen LogP contribution in [0.4, 0.5) is 11.4 Å². The fourth-order valence-corrected chi connectivity index (χ4v) is 2.47. The Labute approximate surface area is 162 Å². The van der Waals surface area contributed by atoms with Crippen LogP contribution in [-0.4, -0.2) is 22.0 Å². The largest absolute Gasteiger partial charge is 0.459 e. The number of carbonyl (C=O) groups excluding carboxylic acids is 2. The molecule has 0 aliphatic carbocycles. The van der Waals surface area contributed by atoms with E-state index in [-0.39, 0.29) is 23.5 Å². The van der Waals surface area contributed by atoms with E-state index in [4.69, 9.17) is 8.94 Å². The molecule has 28 heavy (non-hydrogen) atoms. The van der Waals surface area contributed by atoms with Crippen LogP contribution >= 0.6 is 0 Å². The van der Waals surface area contributed by atoms with Crippen molar-refractivity contribution < 1.29 is 18.5 Å². The van der Waals surface area contributed by atoms with Crippen LogP contribution in [0.5, 0.6) is 0 Å². The van der Waals surface area contributed by atoms with Crippen molar-refractivity contribution in [2.45, 2.75) is 39.0 Å². The number of nitrogens with zero attached hydrogens (tertiary/aromatic N) is 2. The molecular weight excluding hydrogens is 360 g/mol. The van der Waals surface area contributed by atoms with Crippen LogP contribution in [0.1, 0.15) is 54.9 Å². The lowest BCUT2D eigenvalue weighted by atomic mass is 10.2. The van der Waals surface area contributed by atoms with E-state index < -0.39 is 0 Å². The fraction of sp³-hybridized carbons (Fsp3) is 0.300. The molecule has 2 N–H and O–H groups in total. The molecule has 1 aromatic carbocycles. The highest BCUT2D eigenvalue weighted by molar-refractivity contribution is 6.02. The molecule has 2 amide bonds. The predicted octanol–water partition coefficient (Wildman–Crippen LogP) is 4.00. The summed E-state index contributed by atoms with van der Waals surface area (Å²) in [5.41, 5.74) is 1.26. The quantitative estimate of drug-likeness (QED) is 0.609. The second-order valence-corrected chi connectivity index (χ2v) is 6.61. The van der Waals surface area contributed by atoms with E-state index in [0.29, 0.717) is 42.4 Å². The number of rotatable bonds is 8. The summed E-state index contributed by atoms with van der Waals surface area (Å²) in [6.45, 7) is 3.99. The molecule has 146 valence electrons. The van der Waals surface area contributed by atoms with E-state index in [9.17, 15) is 9.59 Å². The van der Waals surface area contributed by atoms with Gasteiger partial charge in [-0.3, -0.25) is 9.59 Å². The molecule has 2 aromatic heterocycles. The Hall–Kier alpha value is -3.42. The molecule has 0 saturated carbocycles. The van der Waals surface area contributed by atoms with Crippen LogP contribution in [0.3, 0.4) is 0 Å². The van der Waals surface area contributed by atoms with Crippen LogP contribution < -0.4 is 10.6 Å². The third kappa shape index (κ3) is 5.29. The fourth-order valence-electron chi connectivity index (χ4n) is 2.47. The first kappa shape index (κ1) is 19.3. The molecule has 8 nitrogen and oxygen atoms in total. The third-order valence-corrected chi connectivity index (χ3v) is 3.97. The highest BCUT2D eigenvalue weighted by Gasteiger charge is 2.11. The first-order valence-corrected chi connectivity index (χ1v) is 9.08. The van der Waals surface area contributed by atoms with Gasteiger partial charge in [0.15, 0.2) is 11.6 Å². The molecule has 0 bridgehead atoms. The molecule has 0 aliphatic rings. The number of hydrogen-bond acceptors (Lipinski definition) is 6. The van der Waals surface area contributed by atoms with Crippen molar-refractivity contribution in [3.63, 3.8) is 0 Å². The smallest absolute Gasteiger partial charge is 0.291 e. The van der Waals surface area contributed by atoms with Gasteiger partial charge >= 0.3 is 0 Å². The summed E-state index contributed by atoms with van der Waals surface area (Å²) < 4.78 is 10.2. The molecule has 0 fully saturated rings. The Kier molecular flexibility index (Phi) is 6.21. The summed E-state index contributed by atoms with van der Waals surface area (Å²) in [7, 11) is 0. The van der Waals surface area contributed by atoms with E-state index in [0.717, 1.165) is 0 Å². The topological polar surface area (TPSA) is 110 Å².